The lowest BCUT2D eigenvalue weighted by molar-refractivity contribution is -0.0423. The van der Waals surface area contributed by atoms with Crippen molar-refractivity contribution in [3.63, 3.8) is 0 Å². The predicted molar refractivity (Wildman–Crippen MR) is 82.9 cm³/mol. The van der Waals surface area contributed by atoms with Crippen molar-refractivity contribution in [1.82, 2.24) is 0 Å². The summed E-state index contributed by atoms with van der Waals surface area (Å²) in [7, 11) is -7.03. The molecule has 0 aliphatic carbocycles. The summed E-state index contributed by atoms with van der Waals surface area (Å²) in [4.78, 5) is 0. The van der Waals surface area contributed by atoms with Crippen LogP contribution in [0.25, 0.3) is 0 Å². The molecule has 0 radical (unpaired) electrons. The minimum atomic E-state index is -5.26. The van der Waals surface area contributed by atoms with E-state index in [4.69, 9.17) is 0 Å². The molecule has 21 heavy (non-hydrogen) atoms. The molecule has 0 unspecified atom stereocenters. The second kappa shape index (κ2) is 8.04. The number of hydrogen-bond donors (Lipinski definition) is 0. The summed E-state index contributed by atoms with van der Waals surface area (Å²) in [6.45, 7) is 7.88. The van der Waals surface area contributed by atoms with Gasteiger partial charge in [-0.25, -0.2) is 8.42 Å². The van der Waals surface area contributed by atoms with E-state index in [-0.39, 0.29) is 12.0 Å². The molecular weight excluding hydrogens is 317 g/mol. The number of alkyl halides is 3. The largest absolute Gasteiger partial charge is 0.501 e. The third kappa shape index (κ3) is 8.99. The van der Waals surface area contributed by atoms with Gasteiger partial charge in [0.2, 0.25) is 0 Å². The monoisotopic (exact) mass is 340 g/mol. The summed E-state index contributed by atoms with van der Waals surface area (Å²) in [5.74, 6) is 2.66. The molecule has 0 aromatic rings. The van der Waals surface area contributed by atoms with Crippen LogP contribution in [0.3, 0.4) is 0 Å². The van der Waals surface area contributed by atoms with Gasteiger partial charge in [0.25, 0.3) is 9.84 Å². The molecule has 0 fully saturated rings. The van der Waals surface area contributed by atoms with Crippen molar-refractivity contribution in [1.29, 1.82) is 0 Å². The van der Waals surface area contributed by atoms with Crippen molar-refractivity contribution in [2.24, 2.45) is 0 Å². The highest BCUT2D eigenvalue weighted by molar-refractivity contribution is 7.95. The Hall–Kier alpha value is -0.743. The molecule has 0 N–H and O–H groups in total. The van der Waals surface area contributed by atoms with E-state index < -0.39 is 23.4 Å². The Kier molecular flexibility index (Phi) is 7.75. The smallest absolute Gasteiger partial charge is 0.215 e. The molecule has 0 rings (SSSR count). The van der Waals surface area contributed by atoms with Gasteiger partial charge in [-0.1, -0.05) is 51.7 Å². The molecule has 0 heterocycles. The second-order valence-corrected chi connectivity index (χ2v) is 12.5. The summed E-state index contributed by atoms with van der Waals surface area (Å²) < 4.78 is 59.8. The number of rotatable bonds is 6. The second-order valence-electron chi connectivity index (χ2n) is 5.94. The highest BCUT2D eigenvalue weighted by atomic mass is 32.2. The molecule has 0 spiro atoms. The van der Waals surface area contributed by atoms with Gasteiger partial charge in [-0.2, -0.15) is 13.2 Å². The highest BCUT2D eigenvalue weighted by Crippen LogP contribution is 2.26. The first-order valence-electron chi connectivity index (χ1n) is 6.94. The summed E-state index contributed by atoms with van der Waals surface area (Å²) in [5, 5.41) is 0.298. The Bertz CT molecular complexity index is 517. The fourth-order valence-corrected chi connectivity index (χ4v) is 2.64. The fourth-order valence-electron chi connectivity index (χ4n) is 1.41. The zero-order valence-corrected chi connectivity index (χ0v) is 14.8. The quantitative estimate of drug-likeness (QED) is 0.400. The van der Waals surface area contributed by atoms with Crippen LogP contribution >= 0.6 is 0 Å². The topological polar surface area (TPSA) is 34.1 Å². The zero-order chi connectivity index (χ0) is 16.7. The van der Waals surface area contributed by atoms with Gasteiger partial charge < -0.3 is 0 Å². The summed E-state index contributed by atoms with van der Waals surface area (Å²) >= 11 is 0. The maximum absolute atomic E-state index is 12.4. The van der Waals surface area contributed by atoms with Gasteiger partial charge in [-0.3, -0.25) is 0 Å². The van der Waals surface area contributed by atoms with Gasteiger partial charge in [-0.05, 0) is 12.8 Å². The van der Waals surface area contributed by atoms with E-state index in [1.54, 1.807) is 0 Å². The van der Waals surface area contributed by atoms with Gasteiger partial charge in [0.1, 0.15) is 8.07 Å². The molecule has 0 aliphatic rings. The standard InChI is InChI=1S/C14H23F3O2SSi/c1-5-6-7-8-9-13(10-11-21(2,3)4)12-20(18,19)14(15,16)17/h12H,5-9H2,1-4H3/b13-12-. The van der Waals surface area contributed by atoms with Crippen LogP contribution < -0.4 is 0 Å². The van der Waals surface area contributed by atoms with E-state index in [0.717, 1.165) is 19.3 Å². The van der Waals surface area contributed by atoms with Crippen molar-refractivity contribution >= 4 is 17.9 Å². The Labute approximate surface area is 126 Å². The lowest BCUT2D eigenvalue weighted by Gasteiger charge is -2.07. The molecular formula is C14H23F3O2SSi. The van der Waals surface area contributed by atoms with Gasteiger partial charge in [-0.15, -0.1) is 5.54 Å². The number of sulfone groups is 1. The molecule has 0 aromatic carbocycles. The van der Waals surface area contributed by atoms with Crippen molar-refractivity contribution in [3.8, 4) is 11.5 Å². The van der Waals surface area contributed by atoms with Crippen molar-refractivity contribution in [2.45, 2.75) is 64.2 Å². The summed E-state index contributed by atoms with van der Waals surface area (Å²) in [6, 6.07) is 0. The third-order valence-electron chi connectivity index (χ3n) is 2.52. The summed E-state index contributed by atoms with van der Waals surface area (Å²) in [5.41, 5.74) is -2.27. The minimum absolute atomic E-state index is 0.0610. The van der Waals surface area contributed by atoms with Gasteiger partial charge >= 0.3 is 5.51 Å². The molecule has 122 valence electrons. The Morgan fingerprint density at radius 2 is 1.71 bits per heavy atom. The molecule has 0 atom stereocenters. The fraction of sp³-hybridized carbons (Fsp3) is 0.714. The Morgan fingerprint density at radius 1 is 1.14 bits per heavy atom. The number of unbranched alkanes of at least 4 members (excludes halogenated alkanes) is 3. The lowest BCUT2D eigenvalue weighted by Crippen LogP contribution is -2.21. The molecule has 0 saturated carbocycles. The highest BCUT2D eigenvalue weighted by Gasteiger charge is 2.44. The van der Waals surface area contributed by atoms with Crippen LogP contribution in [-0.4, -0.2) is 22.0 Å². The third-order valence-corrected chi connectivity index (χ3v) is 4.63. The Balaban J connectivity index is 5.26. The molecule has 0 aliphatic heterocycles. The number of hydrogen-bond acceptors (Lipinski definition) is 2. The molecule has 0 bridgehead atoms. The molecule has 0 amide bonds. The van der Waals surface area contributed by atoms with Crippen LogP contribution in [0.1, 0.15) is 39.0 Å². The number of halogens is 3. The molecule has 0 saturated heterocycles. The predicted octanol–water partition coefficient (Wildman–Crippen LogP) is 4.66. The van der Waals surface area contributed by atoms with Gasteiger partial charge in [0, 0.05) is 5.57 Å². The van der Waals surface area contributed by atoms with E-state index in [0.29, 0.717) is 11.8 Å². The van der Waals surface area contributed by atoms with E-state index >= 15 is 0 Å². The molecule has 7 heteroatoms. The Morgan fingerprint density at radius 3 is 2.14 bits per heavy atom. The van der Waals surface area contributed by atoms with Crippen molar-refractivity contribution in [3.05, 3.63) is 11.0 Å². The van der Waals surface area contributed by atoms with E-state index in [1.807, 2.05) is 26.6 Å². The van der Waals surface area contributed by atoms with Crippen LogP contribution in [0.5, 0.6) is 0 Å². The molecule has 2 nitrogen and oxygen atoms in total. The summed E-state index contributed by atoms with van der Waals surface area (Å²) in [6.07, 6.45) is 3.75. The first-order chi connectivity index (χ1) is 9.39. The number of allylic oxidation sites excluding steroid dienone is 1. The maximum atomic E-state index is 12.4. The van der Waals surface area contributed by atoms with Crippen molar-refractivity contribution < 1.29 is 21.6 Å². The van der Waals surface area contributed by atoms with E-state index in [2.05, 4.69) is 11.5 Å². The zero-order valence-electron chi connectivity index (χ0n) is 13.0. The SMILES string of the molecule is CCCCCC/C(C#C[Si](C)(C)C)=C/S(=O)(=O)C(F)(F)F. The maximum Gasteiger partial charge on any atom is 0.501 e. The average molecular weight is 340 g/mol. The molecule has 0 aromatic heterocycles. The van der Waals surface area contributed by atoms with E-state index in [9.17, 15) is 21.6 Å². The average Bonchev–Trinajstić information content (AvgIpc) is 2.28. The van der Waals surface area contributed by atoms with Crippen LogP contribution in [0.15, 0.2) is 11.0 Å². The first-order valence-corrected chi connectivity index (χ1v) is 12.0. The van der Waals surface area contributed by atoms with Gasteiger partial charge in [0.15, 0.2) is 0 Å². The van der Waals surface area contributed by atoms with E-state index in [1.165, 1.54) is 0 Å². The minimum Gasteiger partial charge on any atom is -0.215 e. The van der Waals surface area contributed by atoms with Crippen LogP contribution in [0.2, 0.25) is 19.6 Å². The van der Waals surface area contributed by atoms with Crippen LogP contribution in [-0.2, 0) is 9.84 Å². The first kappa shape index (κ1) is 20.3. The van der Waals surface area contributed by atoms with Gasteiger partial charge in [0.05, 0.1) is 5.41 Å². The van der Waals surface area contributed by atoms with Crippen LogP contribution in [0.4, 0.5) is 13.2 Å². The van der Waals surface area contributed by atoms with Crippen molar-refractivity contribution in [2.75, 3.05) is 0 Å². The normalized spacial score (nSPS) is 13.8. The van der Waals surface area contributed by atoms with Crippen LogP contribution in [0, 0.1) is 11.5 Å². The lowest BCUT2D eigenvalue weighted by atomic mass is 10.1.